The SMILES string of the molecule is CCOC(=O)C1=C(C)N=c2s/c(=C\c3ccc(Cl)cc3)c(=O)n2[C@H]1c1ccc(OC(C)C)c(OC)c1. The molecule has 0 saturated carbocycles. The minimum Gasteiger partial charge on any atom is -0.493 e. The molecule has 1 aromatic heterocycles. The van der Waals surface area contributed by atoms with Gasteiger partial charge in [-0.05, 0) is 69.2 Å². The fourth-order valence-corrected chi connectivity index (χ4v) is 5.20. The third-order valence-electron chi connectivity index (χ3n) is 5.55. The summed E-state index contributed by atoms with van der Waals surface area (Å²) in [5.74, 6) is 0.560. The van der Waals surface area contributed by atoms with Crippen molar-refractivity contribution in [1.29, 1.82) is 0 Å². The second kappa shape index (κ2) is 10.7. The van der Waals surface area contributed by atoms with Crippen molar-refractivity contribution < 1.29 is 19.0 Å². The molecule has 0 saturated heterocycles. The monoisotopic (exact) mass is 526 g/mol. The van der Waals surface area contributed by atoms with Gasteiger partial charge in [-0.2, -0.15) is 0 Å². The van der Waals surface area contributed by atoms with Crippen LogP contribution in [0, 0.1) is 0 Å². The largest absolute Gasteiger partial charge is 0.493 e. The topological polar surface area (TPSA) is 79.1 Å². The van der Waals surface area contributed by atoms with Crippen molar-refractivity contribution in [3.05, 3.63) is 89.6 Å². The molecule has 188 valence electrons. The van der Waals surface area contributed by atoms with E-state index >= 15 is 0 Å². The minimum atomic E-state index is -0.741. The van der Waals surface area contributed by atoms with E-state index in [1.54, 1.807) is 55.9 Å². The van der Waals surface area contributed by atoms with Crippen LogP contribution in [0.15, 0.2) is 63.5 Å². The van der Waals surface area contributed by atoms with Crippen molar-refractivity contribution in [2.45, 2.75) is 39.8 Å². The molecule has 7 nitrogen and oxygen atoms in total. The summed E-state index contributed by atoms with van der Waals surface area (Å²) in [6.07, 6.45) is 1.74. The molecule has 36 heavy (non-hydrogen) atoms. The molecule has 0 spiro atoms. The van der Waals surface area contributed by atoms with Gasteiger partial charge < -0.3 is 14.2 Å². The molecule has 0 N–H and O–H groups in total. The number of hydrogen-bond donors (Lipinski definition) is 0. The van der Waals surface area contributed by atoms with Crippen LogP contribution in [0.1, 0.15) is 44.9 Å². The molecule has 9 heteroatoms. The molecular weight excluding hydrogens is 500 g/mol. The molecule has 0 bridgehead atoms. The first-order valence-corrected chi connectivity index (χ1v) is 12.7. The minimum absolute atomic E-state index is 0.0486. The van der Waals surface area contributed by atoms with Gasteiger partial charge in [0, 0.05) is 5.02 Å². The van der Waals surface area contributed by atoms with Gasteiger partial charge in [0.15, 0.2) is 16.3 Å². The highest BCUT2D eigenvalue weighted by Crippen LogP contribution is 2.36. The lowest BCUT2D eigenvalue weighted by Crippen LogP contribution is -2.40. The molecule has 0 aliphatic carbocycles. The van der Waals surface area contributed by atoms with Crippen LogP contribution in [0.4, 0.5) is 0 Å². The third kappa shape index (κ3) is 5.10. The Balaban J connectivity index is 1.94. The Kier molecular flexibility index (Phi) is 7.66. The number of ether oxygens (including phenoxy) is 3. The van der Waals surface area contributed by atoms with Crippen LogP contribution < -0.4 is 24.4 Å². The van der Waals surface area contributed by atoms with Gasteiger partial charge in [-0.25, -0.2) is 9.79 Å². The van der Waals surface area contributed by atoms with Crippen molar-refractivity contribution in [2.24, 2.45) is 4.99 Å². The lowest BCUT2D eigenvalue weighted by atomic mass is 9.95. The molecular formula is C27H27ClN2O5S. The van der Waals surface area contributed by atoms with Crippen molar-refractivity contribution >= 4 is 35.0 Å². The Hall–Kier alpha value is -3.36. The number of aromatic nitrogens is 1. The number of carbonyl (C=O) groups excluding carboxylic acids is 1. The summed E-state index contributed by atoms with van der Waals surface area (Å²) in [6, 6.07) is 11.9. The van der Waals surface area contributed by atoms with Gasteiger partial charge in [0.2, 0.25) is 0 Å². The number of hydrogen-bond acceptors (Lipinski definition) is 7. The highest BCUT2D eigenvalue weighted by atomic mass is 35.5. The Morgan fingerprint density at radius 3 is 2.56 bits per heavy atom. The van der Waals surface area contributed by atoms with Crippen LogP contribution in [0.3, 0.4) is 0 Å². The molecule has 0 radical (unpaired) electrons. The normalized spacial score (nSPS) is 15.5. The molecule has 0 fully saturated rings. The Morgan fingerprint density at radius 1 is 1.19 bits per heavy atom. The maximum Gasteiger partial charge on any atom is 0.338 e. The first kappa shape index (κ1) is 25.7. The second-order valence-corrected chi connectivity index (χ2v) is 9.88. The zero-order chi connectivity index (χ0) is 26.0. The predicted octanol–water partition coefficient (Wildman–Crippen LogP) is 4.25. The molecule has 4 rings (SSSR count). The number of rotatable bonds is 7. The number of thiazole rings is 1. The number of methoxy groups -OCH3 is 1. The molecule has 1 aliphatic rings. The van der Waals surface area contributed by atoms with Gasteiger partial charge in [0.05, 0.1) is 41.7 Å². The van der Waals surface area contributed by atoms with Crippen LogP contribution in [0.2, 0.25) is 5.02 Å². The van der Waals surface area contributed by atoms with Crippen molar-refractivity contribution in [2.75, 3.05) is 13.7 Å². The van der Waals surface area contributed by atoms with E-state index in [1.165, 1.54) is 11.3 Å². The van der Waals surface area contributed by atoms with Gasteiger partial charge in [-0.3, -0.25) is 9.36 Å². The molecule has 2 aromatic carbocycles. The maximum absolute atomic E-state index is 13.7. The predicted molar refractivity (Wildman–Crippen MR) is 141 cm³/mol. The number of esters is 1. The smallest absolute Gasteiger partial charge is 0.338 e. The molecule has 1 aliphatic heterocycles. The zero-order valence-electron chi connectivity index (χ0n) is 20.7. The summed E-state index contributed by atoms with van der Waals surface area (Å²) < 4.78 is 18.8. The molecule has 3 aromatic rings. The van der Waals surface area contributed by atoms with Gasteiger partial charge >= 0.3 is 5.97 Å². The highest BCUT2D eigenvalue weighted by Gasteiger charge is 2.34. The average Bonchev–Trinajstić information content (AvgIpc) is 3.14. The van der Waals surface area contributed by atoms with Crippen molar-refractivity contribution in [1.82, 2.24) is 4.57 Å². The van der Waals surface area contributed by atoms with Gasteiger partial charge in [0.25, 0.3) is 5.56 Å². The molecule has 0 unspecified atom stereocenters. The maximum atomic E-state index is 13.7. The van der Waals surface area contributed by atoms with E-state index in [9.17, 15) is 9.59 Å². The molecule has 2 heterocycles. The lowest BCUT2D eigenvalue weighted by Gasteiger charge is -2.25. The summed E-state index contributed by atoms with van der Waals surface area (Å²) in [6.45, 7) is 7.55. The number of nitrogens with zero attached hydrogens (tertiary/aromatic N) is 2. The van der Waals surface area contributed by atoms with Gasteiger partial charge in [-0.15, -0.1) is 0 Å². The number of benzene rings is 2. The highest BCUT2D eigenvalue weighted by molar-refractivity contribution is 7.07. The summed E-state index contributed by atoms with van der Waals surface area (Å²) in [4.78, 5) is 31.9. The van der Waals surface area contributed by atoms with Crippen LogP contribution in [0.25, 0.3) is 6.08 Å². The zero-order valence-corrected chi connectivity index (χ0v) is 22.3. The van der Waals surface area contributed by atoms with Crippen LogP contribution in [-0.2, 0) is 9.53 Å². The second-order valence-electron chi connectivity index (χ2n) is 8.43. The van der Waals surface area contributed by atoms with E-state index in [-0.39, 0.29) is 18.3 Å². The standard InChI is InChI=1S/C27H27ClN2O5S/c1-6-34-26(32)23-16(4)29-27-30(25(31)22(36-27)13-17-7-10-19(28)11-8-17)24(23)18-9-12-20(35-15(2)3)21(14-18)33-5/h7-15,24H,6H2,1-5H3/b22-13-/t24-/m0/s1. The Morgan fingerprint density at radius 2 is 1.92 bits per heavy atom. The van der Waals surface area contributed by atoms with Crippen LogP contribution >= 0.6 is 22.9 Å². The quantitative estimate of drug-likeness (QED) is 0.430. The fourth-order valence-electron chi connectivity index (χ4n) is 4.02. The van der Waals surface area contributed by atoms with Crippen molar-refractivity contribution in [3.63, 3.8) is 0 Å². The number of halogens is 1. The lowest BCUT2D eigenvalue weighted by molar-refractivity contribution is -0.139. The first-order chi connectivity index (χ1) is 17.2. The first-order valence-electron chi connectivity index (χ1n) is 11.5. The van der Waals surface area contributed by atoms with E-state index in [4.69, 9.17) is 25.8 Å². The number of fused-ring (bicyclic) bond motifs is 1. The van der Waals surface area contributed by atoms with E-state index < -0.39 is 12.0 Å². The Bertz CT molecular complexity index is 1500. The third-order valence-corrected chi connectivity index (χ3v) is 6.79. The summed E-state index contributed by atoms with van der Waals surface area (Å²) in [5.41, 5.74) is 2.06. The van der Waals surface area contributed by atoms with E-state index in [1.807, 2.05) is 32.0 Å². The summed E-state index contributed by atoms with van der Waals surface area (Å²) in [5, 5.41) is 0.613. The van der Waals surface area contributed by atoms with Gasteiger partial charge in [-0.1, -0.05) is 41.1 Å². The number of allylic oxidation sites excluding steroid dienone is 1. The van der Waals surface area contributed by atoms with Crippen LogP contribution in [-0.4, -0.2) is 30.4 Å². The summed E-state index contributed by atoms with van der Waals surface area (Å²) >= 11 is 7.27. The fraction of sp³-hybridized carbons (Fsp3) is 0.296. The van der Waals surface area contributed by atoms with E-state index in [2.05, 4.69) is 4.99 Å². The summed E-state index contributed by atoms with van der Waals surface area (Å²) in [7, 11) is 1.55. The average molecular weight is 527 g/mol. The van der Waals surface area contributed by atoms with E-state index in [0.717, 1.165) is 5.56 Å². The van der Waals surface area contributed by atoms with Gasteiger partial charge in [0.1, 0.15) is 0 Å². The number of carbonyl (C=O) groups is 1. The molecule has 1 atom stereocenters. The molecule has 0 amide bonds. The van der Waals surface area contributed by atoms with Crippen molar-refractivity contribution in [3.8, 4) is 11.5 Å². The van der Waals surface area contributed by atoms with E-state index in [0.29, 0.717) is 42.7 Å². The Labute approximate surface area is 217 Å². The van der Waals surface area contributed by atoms with Crippen LogP contribution in [0.5, 0.6) is 11.5 Å².